The maximum Gasteiger partial charge on any atom is 0.409 e. The number of rotatable bonds is 4. The van der Waals surface area contributed by atoms with Crippen LogP contribution >= 0.6 is 0 Å². The second-order valence-electron chi connectivity index (χ2n) is 6.59. The van der Waals surface area contributed by atoms with E-state index in [9.17, 15) is 4.79 Å². The van der Waals surface area contributed by atoms with Crippen molar-refractivity contribution < 1.29 is 14.3 Å². The number of carbonyl (C=O) groups is 1. The van der Waals surface area contributed by atoms with Crippen molar-refractivity contribution in [1.29, 1.82) is 0 Å². The minimum Gasteiger partial charge on any atom is -0.449 e. The Morgan fingerprint density at radius 2 is 2.27 bits per heavy atom. The van der Waals surface area contributed by atoms with E-state index in [0.29, 0.717) is 31.6 Å². The molecule has 0 aromatic carbocycles. The Morgan fingerprint density at radius 1 is 1.36 bits per heavy atom. The van der Waals surface area contributed by atoms with Crippen LogP contribution in [0.15, 0.2) is 6.20 Å². The van der Waals surface area contributed by atoms with Crippen molar-refractivity contribution in [2.75, 3.05) is 32.9 Å². The van der Waals surface area contributed by atoms with Crippen molar-refractivity contribution in [2.45, 2.75) is 37.6 Å². The second-order valence-corrected chi connectivity index (χ2v) is 6.59. The molecule has 3 heterocycles. The van der Waals surface area contributed by atoms with E-state index < -0.39 is 0 Å². The number of likely N-dealkylation sites (tertiary alicyclic amines) is 1. The topological polar surface area (TPSA) is 69.5 Å². The van der Waals surface area contributed by atoms with Crippen LogP contribution in [0, 0.1) is 5.92 Å². The van der Waals surface area contributed by atoms with E-state index >= 15 is 0 Å². The highest BCUT2D eigenvalue weighted by molar-refractivity contribution is 5.68. The lowest BCUT2D eigenvalue weighted by Gasteiger charge is -2.17. The van der Waals surface area contributed by atoms with Crippen LogP contribution in [0.1, 0.15) is 43.3 Å². The van der Waals surface area contributed by atoms with Crippen LogP contribution in [0.3, 0.4) is 0 Å². The van der Waals surface area contributed by atoms with Crippen LogP contribution in [0.5, 0.6) is 0 Å². The molecule has 2 atom stereocenters. The van der Waals surface area contributed by atoms with E-state index in [-0.39, 0.29) is 12.1 Å². The van der Waals surface area contributed by atoms with Crippen LogP contribution in [0.2, 0.25) is 0 Å². The molecule has 1 aromatic rings. The largest absolute Gasteiger partial charge is 0.449 e. The molecule has 0 bridgehead atoms. The molecule has 120 valence electrons. The Labute approximate surface area is 129 Å². The monoisotopic (exact) mass is 306 g/mol. The Hall–Kier alpha value is -1.63. The smallest absolute Gasteiger partial charge is 0.409 e. The number of hydrogen-bond acceptors (Lipinski definition) is 5. The van der Waals surface area contributed by atoms with Gasteiger partial charge in [0.25, 0.3) is 0 Å². The number of nitrogens with zero attached hydrogens (tertiary/aromatic N) is 4. The average molecular weight is 306 g/mol. The lowest BCUT2D eigenvalue weighted by atomic mass is 10.1. The van der Waals surface area contributed by atoms with E-state index in [2.05, 4.69) is 10.3 Å². The fraction of sp³-hybridized carbons (Fsp3) is 0.800. The van der Waals surface area contributed by atoms with Crippen molar-refractivity contribution >= 4 is 6.09 Å². The third-order valence-corrected chi connectivity index (χ3v) is 4.79. The highest BCUT2D eigenvalue weighted by atomic mass is 16.6. The maximum absolute atomic E-state index is 12.1. The Kier molecular flexibility index (Phi) is 3.73. The number of ether oxygens (including phenoxy) is 2. The zero-order chi connectivity index (χ0) is 14.9. The lowest BCUT2D eigenvalue weighted by Crippen LogP contribution is -2.31. The van der Waals surface area contributed by atoms with Crippen molar-refractivity contribution in [3.8, 4) is 0 Å². The van der Waals surface area contributed by atoms with Gasteiger partial charge in [-0.3, -0.25) is 0 Å². The highest BCUT2D eigenvalue weighted by Crippen LogP contribution is 2.39. The summed E-state index contributed by atoms with van der Waals surface area (Å²) in [6.45, 7) is 3.34. The molecule has 0 spiro atoms. The maximum atomic E-state index is 12.1. The van der Waals surface area contributed by atoms with Gasteiger partial charge in [0.15, 0.2) is 0 Å². The zero-order valence-electron chi connectivity index (χ0n) is 12.7. The number of carbonyl (C=O) groups excluding carboxylic acids is 1. The van der Waals surface area contributed by atoms with E-state index in [4.69, 9.17) is 9.47 Å². The van der Waals surface area contributed by atoms with Gasteiger partial charge in [0, 0.05) is 37.7 Å². The summed E-state index contributed by atoms with van der Waals surface area (Å²) in [4.78, 5) is 13.9. The SMILES string of the molecule is O=C(OCC1CCOC1)N1CCC(n2cc(C3CC3)nn2)C1. The highest BCUT2D eigenvalue weighted by Gasteiger charge is 2.32. The molecule has 2 unspecified atom stereocenters. The molecule has 2 saturated heterocycles. The van der Waals surface area contributed by atoms with Gasteiger partial charge >= 0.3 is 6.09 Å². The predicted octanol–water partition coefficient (Wildman–Crippen LogP) is 1.58. The summed E-state index contributed by atoms with van der Waals surface area (Å²) in [5.74, 6) is 0.976. The van der Waals surface area contributed by atoms with E-state index in [0.717, 1.165) is 31.7 Å². The summed E-state index contributed by atoms with van der Waals surface area (Å²) in [5.41, 5.74) is 1.10. The van der Waals surface area contributed by atoms with Crippen LogP contribution in [-0.2, 0) is 9.47 Å². The molecule has 22 heavy (non-hydrogen) atoms. The van der Waals surface area contributed by atoms with Gasteiger partial charge < -0.3 is 14.4 Å². The first-order valence-corrected chi connectivity index (χ1v) is 8.21. The van der Waals surface area contributed by atoms with Crippen molar-refractivity contribution in [3.05, 3.63) is 11.9 Å². The zero-order valence-corrected chi connectivity index (χ0v) is 12.7. The van der Waals surface area contributed by atoms with E-state index in [1.54, 1.807) is 4.90 Å². The van der Waals surface area contributed by atoms with E-state index in [1.807, 2.05) is 10.9 Å². The fourth-order valence-corrected chi connectivity index (χ4v) is 3.15. The lowest BCUT2D eigenvalue weighted by molar-refractivity contribution is 0.0885. The third-order valence-electron chi connectivity index (χ3n) is 4.79. The molecule has 3 aliphatic rings. The number of amides is 1. The minimum absolute atomic E-state index is 0.211. The molecule has 4 rings (SSSR count). The van der Waals surface area contributed by atoms with Gasteiger partial charge in [-0.25, -0.2) is 9.48 Å². The van der Waals surface area contributed by atoms with Crippen LogP contribution in [-0.4, -0.2) is 58.9 Å². The van der Waals surface area contributed by atoms with Crippen molar-refractivity contribution in [2.24, 2.45) is 5.92 Å². The van der Waals surface area contributed by atoms with Gasteiger partial charge in [-0.05, 0) is 25.7 Å². The molecule has 2 aliphatic heterocycles. The van der Waals surface area contributed by atoms with Crippen LogP contribution in [0.4, 0.5) is 4.79 Å². The first-order chi connectivity index (χ1) is 10.8. The van der Waals surface area contributed by atoms with Gasteiger partial charge in [-0.1, -0.05) is 5.21 Å². The molecule has 1 aliphatic carbocycles. The fourth-order valence-electron chi connectivity index (χ4n) is 3.15. The van der Waals surface area contributed by atoms with Crippen molar-refractivity contribution in [1.82, 2.24) is 19.9 Å². The standard InChI is InChI=1S/C15H22N4O3/c20-15(22-10-11-4-6-21-9-11)18-5-3-13(7-18)19-8-14(16-17-19)12-1-2-12/h8,11-13H,1-7,9-10H2. The van der Waals surface area contributed by atoms with Crippen LogP contribution < -0.4 is 0 Å². The number of hydrogen-bond donors (Lipinski definition) is 0. The molecule has 0 radical (unpaired) electrons. The molecular weight excluding hydrogens is 284 g/mol. The van der Waals surface area contributed by atoms with Gasteiger partial charge in [-0.15, -0.1) is 5.10 Å². The summed E-state index contributed by atoms with van der Waals surface area (Å²) in [6, 6.07) is 0.224. The summed E-state index contributed by atoms with van der Waals surface area (Å²) in [5, 5.41) is 8.48. The summed E-state index contributed by atoms with van der Waals surface area (Å²) in [7, 11) is 0. The molecule has 7 nitrogen and oxygen atoms in total. The second kappa shape index (κ2) is 5.87. The molecule has 1 aromatic heterocycles. The molecule has 1 saturated carbocycles. The van der Waals surface area contributed by atoms with Gasteiger partial charge in [0.05, 0.1) is 24.9 Å². The third kappa shape index (κ3) is 2.95. The quantitative estimate of drug-likeness (QED) is 0.844. The minimum atomic E-state index is -0.211. The summed E-state index contributed by atoms with van der Waals surface area (Å²) < 4.78 is 12.6. The normalized spacial score (nSPS) is 28.3. The molecule has 3 fully saturated rings. The predicted molar refractivity (Wildman–Crippen MR) is 77.5 cm³/mol. The molecule has 0 N–H and O–H groups in total. The molecule has 7 heteroatoms. The van der Waals surface area contributed by atoms with Crippen molar-refractivity contribution in [3.63, 3.8) is 0 Å². The first kappa shape index (κ1) is 14.0. The average Bonchev–Trinajstić information content (AvgIpc) is 3.02. The number of aromatic nitrogens is 3. The van der Waals surface area contributed by atoms with E-state index in [1.165, 1.54) is 12.8 Å². The van der Waals surface area contributed by atoms with Crippen LogP contribution in [0.25, 0.3) is 0 Å². The Balaban J connectivity index is 1.28. The van der Waals surface area contributed by atoms with Gasteiger partial charge in [0.2, 0.25) is 0 Å². The molecule has 1 amide bonds. The van der Waals surface area contributed by atoms with Gasteiger partial charge in [-0.2, -0.15) is 0 Å². The Morgan fingerprint density at radius 3 is 3.05 bits per heavy atom. The first-order valence-electron chi connectivity index (χ1n) is 8.21. The summed E-state index contributed by atoms with van der Waals surface area (Å²) >= 11 is 0. The summed E-state index contributed by atoms with van der Waals surface area (Å²) in [6.07, 6.45) is 6.19. The Bertz CT molecular complexity index is 537. The molecular formula is C15H22N4O3. The van der Waals surface area contributed by atoms with Gasteiger partial charge in [0.1, 0.15) is 0 Å².